The molecule has 1 aliphatic rings. The molecule has 3 aromatic carbocycles. The molecule has 5 rings (SSSR count). The number of nitrogens with zero attached hydrogens (tertiary/aromatic N) is 2. The Morgan fingerprint density at radius 3 is 2.45 bits per heavy atom. The molecule has 0 atom stereocenters. The lowest BCUT2D eigenvalue weighted by atomic mass is 10.1. The van der Waals surface area contributed by atoms with E-state index < -0.39 is 11.9 Å². The fraction of sp³-hybridized carbons (Fsp3) is 0.0769. The summed E-state index contributed by atoms with van der Waals surface area (Å²) in [5.41, 5.74) is 2.76. The third-order valence-corrected chi connectivity index (χ3v) is 5.65. The number of aromatic nitrogens is 2. The smallest absolute Gasteiger partial charge is 0.336 e. The van der Waals surface area contributed by atoms with Gasteiger partial charge in [-0.25, -0.2) is 9.78 Å². The van der Waals surface area contributed by atoms with Gasteiger partial charge < -0.3 is 10.4 Å². The lowest BCUT2D eigenvalue weighted by Gasteiger charge is -2.10. The molecule has 0 aliphatic carbocycles. The van der Waals surface area contributed by atoms with Crippen molar-refractivity contribution in [1.82, 2.24) is 9.55 Å². The minimum absolute atomic E-state index is 0.0557. The lowest BCUT2D eigenvalue weighted by Crippen LogP contribution is -2.21. The number of hydrogen-bond acceptors (Lipinski definition) is 4. The molecule has 0 unspecified atom stereocenters. The van der Waals surface area contributed by atoms with Crippen LogP contribution >= 0.6 is 0 Å². The first-order valence-electron chi connectivity index (χ1n) is 10.5. The molecule has 1 amide bonds. The molecule has 0 radical (unpaired) electrons. The summed E-state index contributed by atoms with van der Waals surface area (Å²) in [7, 11) is 0. The van der Waals surface area contributed by atoms with Crippen LogP contribution < -0.4 is 10.9 Å². The lowest BCUT2D eigenvalue weighted by molar-refractivity contribution is 0.0692. The molecule has 0 bridgehead atoms. The summed E-state index contributed by atoms with van der Waals surface area (Å²) in [6.45, 7) is 0.570. The van der Waals surface area contributed by atoms with E-state index in [1.165, 1.54) is 12.1 Å². The highest BCUT2D eigenvalue weighted by atomic mass is 16.4. The second-order valence-corrected chi connectivity index (χ2v) is 7.76. The Balaban J connectivity index is 1.52. The van der Waals surface area contributed by atoms with Crippen LogP contribution in [0.1, 0.15) is 38.5 Å². The highest BCUT2D eigenvalue weighted by molar-refractivity contribution is 6.11. The normalized spacial score (nSPS) is 13.8. The van der Waals surface area contributed by atoms with Crippen molar-refractivity contribution in [2.75, 3.05) is 5.32 Å². The van der Waals surface area contributed by atoms with Gasteiger partial charge in [0.25, 0.3) is 11.5 Å². The average molecular weight is 437 g/mol. The Bertz CT molecular complexity index is 1500. The van der Waals surface area contributed by atoms with E-state index in [-0.39, 0.29) is 16.7 Å². The van der Waals surface area contributed by atoms with Crippen molar-refractivity contribution >= 4 is 40.1 Å². The van der Waals surface area contributed by atoms with Gasteiger partial charge in [-0.15, -0.1) is 0 Å². The van der Waals surface area contributed by atoms with Gasteiger partial charge in [-0.05, 0) is 54.0 Å². The Morgan fingerprint density at radius 2 is 1.70 bits per heavy atom. The molecule has 1 aliphatic heterocycles. The molecular weight excluding hydrogens is 418 g/mol. The van der Waals surface area contributed by atoms with E-state index in [2.05, 4.69) is 5.32 Å². The van der Waals surface area contributed by atoms with Crippen LogP contribution in [0.25, 0.3) is 22.6 Å². The first kappa shape index (κ1) is 20.4. The van der Waals surface area contributed by atoms with Gasteiger partial charge in [0.1, 0.15) is 5.82 Å². The molecule has 0 saturated heterocycles. The van der Waals surface area contributed by atoms with Crippen LogP contribution in [-0.2, 0) is 6.54 Å². The quantitative estimate of drug-likeness (QED) is 0.496. The molecule has 4 aromatic rings. The second kappa shape index (κ2) is 8.20. The minimum Gasteiger partial charge on any atom is -0.478 e. The molecular formula is C26H19N3O4. The number of rotatable bonds is 4. The molecule has 33 heavy (non-hydrogen) atoms. The number of carboxylic acid groups (broad SMARTS) is 1. The van der Waals surface area contributed by atoms with E-state index in [0.717, 1.165) is 11.1 Å². The minimum atomic E-state index is -1.18. The molecule has 7 heteroatoms. The van der Waals surface area contributed by atoms with Crippen LogP contribution in [0, 0.1) is 0 Å². The summed E-state index contributed by atoms with van der Waals surface area (Å²) < 4.78 is 1.68. The SMILES string of the molecule is O=C(O)c1ccccc1C(=O)Nc1ccc2c(=O)n3c(nc2c1)/C(=C/c1ccccc1)CC3. The molecule has 7 nitrogen and oxygen atoms in total. The van der Waals surface area contributed by atoms with Crippen LogP contribution in [0.4, 0.5) is 5.69 Å². The molecule has 1 aromatic heterocycles. The maximum Gasteiger partial charge on any atom is 0.336 e. The molecule has 162 valence electrons. The molecule has 0 spiro atoms. The fourth-order valence-electron chi connectivity index (χ4n) is 4.05. The van der Waals surface area contributed by atoms with E-state index in [9.17, 15) is 19.5 Å². The second-order valence-electron chi connectivity index (χ2n) is 7.76. The molecule has 2 N–H and O–H groups in total. The van der Waals surface area contributed by atoms with Gasteiger partial charge in [0.05, 0.1) is 22.0 Å². The van der Waals surface area contributed by atoms with Crippen molar-refractivity contribution in [1.29, 1.82) is 0 Å². The zero-order valence-corrected chi connectivity index (χ0v) is 17.5. The average Bonchev–Trinajstić information content (AvgIpc) is 3.22. The van der Waals surface area contributed by atoms with Crippen LogP contribution in [-0.4, -0.2) is 26.5 Å². The zero-order valence-electron chi connectivity index (χ0n) is 17.5. The first-order chi connectivity index (χ1) is 16.0. The maximum atomic E-state index is 13.0. The van der Waals surface area contributed by atoms with Gasteiger partial charge in [-0.1, -0.05) is 42.5 Å². The van der Waals surface area contributed by atoms with E-state index in [1.807, 2.05) is 36.4 Å². The number of carbonyl (C=O) groups excluding carboxylic acids is 1. The van der Waals surface area contributed by atoms with Gasteiger partial charge in [0.15, 0.2) is 0 Å². The first-order valence-corrected chi connectivity index (χ1v) is 10.5. The van der Waals surface area contributed by atoms with Crippen LogP contribution in [0.3, 0.4) is 0 Å². The van der Waals surface area contributed by atoms with E-state index in [1.54, 1.807) is 34.9 Å². The Kier molecular flexibility index (Phi) is 5.06. The maximum absolute atomic E-state index is 13.0. The summed E-state index contributed by atoms with van der Waals surface area (Å²) in [5.74, 6) is -1.10. The van der Waals surface area contributed by atoms with Crippen LogP contribution in [0.2, 0.25) is 0 Å². The largest absolute Gasteiger partial charge is 0.478 e. The number of carbonyl (C=O) groups is 2. The van der Waals surface area contributed by atoms with Crippen LogP contribution in [0.15, 0.2) is 77.6 Å². The monoisotopic (exact) mass is 437 g/mol. The number of carboxylic acids is 1. The third-order valence-electron chi connectivity index (χ3n) is 5.65. The number of fused-ring (bicyclic) bond motifs is 2. The Labute approximate surface area is 188 Å². The predicted octanol–water partition coefficient (Wildman–Crippen LogP) is 4.29. The Morgan fingerprint density at radius 1 is 0.970 bits per heavy atom. The van der Waals surface area contributed by atoms with Gasteiger partial charge in [-0.2, -0.15) is 0 Å². The topological polar surface area (TPSA) is 101 Å². The van der Waals surface area contributed by atoms with Gasteiger partial charge >= 0.3 is 5.97 Å². The van der Waals surface area contributed by atoms with Gasteiger partial charge in [-0.3, -0.25) is 14.2 Å². The van der Waals surface area contributed by atoms with Crippen molar-refractivity contribution in [3.05, 3.63) is 106 Å². The number of nitrogens with one attached hydrogen (secondary N) is 1. The van der Waals surface area contributed by atoms with Crippen LogP contribution in [0.5, 0.6) is 0 Å². The standard InChI is InChI=1S/C26H19N3O4/c30-24(19-8-4-5-9-20(19)26(32)33)27-18-10-11-21-22(15-18)28-23-17(12-13-29(23)25(21)31)14-16-6-2-1-3-7-16/h1-11,14-15H,12-13H2,(H,27,30)(H,32,33)/b17-14+. The molecule has 0 fully saturated rings. The summed E-state index contributed by atoms with van der Waals surface area (Å²) in [6.07, 6.45) is 2.74. The van der Waals surface area contributed by atoms with Crippen molar-refractivity contribution in [3.8, 4) is 0 Å². The number of hydrogen-bond donors (Lipinski definition) is 2. The van der Waals surface area contributed by atoms with Gasteiger partial charge in [0.2, 0.25) is 0 Å². The zero-order chi connectivity index (χ0) is 22.9. The highest BCUT2D eigenvalue weighted by Gasteiger charge is 2.21. The number of amides is 1. The predicted molar refractivity (Wildman–Crippen MR) is 126 cm³/mol. The Hall–Kier alpha value is -4.52. The molecule has 2 heterocycles. The van der Waals surface area contributed by atoms with Gasteiger partial charge in [0, 0.05) is 12.2 Å². The summed E-state index contributed by atoms with van der Waals surface area (Å²) in [6, 6.07) is 20.8. The van der Waals surface area contributed by atoms with Crippen molar-refractivity contribution in [2.24, 2.45) is 0 Å². The summed E-state index contributed by atoms with van der Waals surface area (Å²) >= 11 is 0. The van der Waals surface area contributed by atoms with Crippen molar-refractivity contribution in [3.63, 3.8) is 0 Å². The molecule has 0 saturated carbocycles. The third kappa shape index (κ3) is 3.80. The highest BCUT2D eigenvalue weighted by Crippen LogP contribution is 2.28. The summed E-state index contributed by atoms with van der Waals surface area (Å²) in [5, 5.41) is 12.5. The number of benzene rings is 3. The number of anilines is 1. The van der Waals surface area contributed by atoms with E-state index in [4.69, 9.17) is 4.98 Å². The number of aromatic carboxylic acids is 1. The van der Waals surface area contributed by atoms with E-state index >= 15 is 0 Å². The number of allylic oxidation sites excluding steroid dienone is 1. The van der Waals surface area contributed by atoms with Crippen molar-refractivity contribution in [2.45, 2.75) is 13.0 Å². The fourth-order valence-corrected chi connectivity index (χ4v) is 4.05. The summed E-state index contributed by atoms with van der Waals surface area (Å²) in [4.78, 5) is 41.9. The van der Waals surface area contributed by atoms with Crippen molar-refractivity contribution < 1.29 is 14.7 Å². The van der Waals surface area contributed by atoms with E-state index in [0.29, 0.717) is 35.4 Å².